The van der Waals surface area contributed by atoms with Gasteiger partial charge in [0.2, 0.25) is 5.43 Å². The van der Waals surface area contributed by atoms with Gasteiger partial charge in [-0.1, -0.05) is 41.9 Å². The van der Waals surface area contributed by atoms with E-state index in [-0.39, 0.29) is 11.5 Å². The largest absolute Gasteiger partial charge is 0.463 e. The van der Waals surface area contributed by atoms with E-state index in [2.05, 4.69) is 28.0 Å². The minimum Gasteiger partial charge on any atom is -0.463 e. The predicted molar refractivity (Wildman–Crippen MR) is 137 cm³/mol. The molecule has 0 bridgehead atoms. The molecule has 6 nitrogen and oxygen atoms in total. The monoisotopic (exact) mass is 474 g/mol. The van der Waals surface area contributed by atoms with Gasteiger partial charge in [-0.25, -0.2) is 5.43 Å². The van der Waals surface area contributed by atoms with Gasteiger partial charge >= 0.3 is 0 Å². The molecule has 1 atom stereocenters. The number of fused-ring (bicyclic) bond motifs is 1. The molecule has 1 fully saturated rings. The summed E-state index contributed by atoms with van der Waals surface area (Å²) < 4.78 is 5.54. The minimum atomic E-state index is -0.177. The highest BCUT2D eigenvalue weighted by Crippen LogP contribution is 2.25. The van der Waals surface area contributed by atoms with Crippen molar-refractivity contribution in [1.29, 1.82) is 0 Å². The normalized spacial score (nSPS) is 16.3. The van der Waals surface area contributed by atoms with Crippen molar-refractivity contribution in [3.05, 3.63) is 105 Å². The van der Waals surface area contributed by atoms with Crippen molar-refractivity contribution >= 4 is 57.5 Å². The Morgan fingerprint density at radius 2 is 1.88 bits per heavy atom. The maximum atomic E-state index is 12.7. The number of anilines is 1. The lowest BCUT2D eigenvalue weighted by molar-refractivity contribution is 0.483. The van der Waals surface area contributed by atoms with Crippen LogP contribution in [-0.2, 0) is 0 Å². The molecule has 0 amide bonds. The molecule has 5 rings (SSSR count). The Labute approximate surface area is 200 Å². The molecule has 0 spiro atoms. The van der Waals surface area contributed by atoms with Gasteiger partial charge in [0.15, 0.2) is 5.11 Å². The number of thiocarbonyl (C=S) groups is 1. The fourth-order valence-corrected chi connectivity index (χ4v) is 4.11. The molecule has 2 N–H and O–H groups in total. The summed E-state index contributed by atoms with van der Waals surface area (Å²) in [6.45, 7) is 0.694. The van der Waals surface area contributed by atoms with Gasteiger partial charge in [-0.05, 0) is 60.2 Å². The second kappa shape index (κ2) is 9.15. The van der Waals surface area contributed by atoms with Gasteiger partial charge in [0.25, 0.3) is 0 Å². The fourth-order valence-electron chi connectivity index (χ4n) is 3.69. The summed E-state index contributed by atoms with van der Waals surface area (Å²) in [6, 6.07) is 22.9. The molecule has 4 aromatic rings. The molecule has 0 saturated carbocycles. The maximum absolute atomic E-state index is 12.7. The Bertz CT molecular complexity index is 1400. The standard InChI is InChI=1S/C25H19ClN4O2S/c26-18-6-11-23-21(12-18)24(31)17(15-32-23)13-27-19-7-9-20(10-8-19)30-14-22(28-29-25(30)33)16-4-2-1-3-5-16/h1-13,15,22,28H,14H2,(H,29,33). The lowest BCUT2D eigenvalue weighted by Gasteiger charge is -2.36. The Morgan fingerprint density at radius 1 is 1.09 bits per heavy atom. The zero-order chi connectivity index (χ0) is 22.8. The first-order valence-electron chi connectivity index (χ1n) is 10.3. The van der Waals surface area contributed by atoms with Gasteiger partial charge in [0, 0.05) is 23.5 Å². The van der Waals surface area contributed by atoms with Gasteiger partial charge in [0.1, 0.15) is 11.8 Å². The highest BCUT2D eigenvalue weighted by atomic mass is 35.5. The molecular weight excluding hydrogens is 456 g/mol. The average molecular weight is 475 g/mol. The average Bonchev–Trinajstić information content (AvgIpc) is 2.85. The quantitative estimate of drug-likeness (QED) is 0.315. The van der Waals surface area contributed by atoms with Crippen LogP contribution in [0.1, 0.15) is 17.2 Å². The van der Waals surface area contributed by atoms with E-state index in [0.29, 0.717) is 38.9 Å². The van der Waals surface area contributed by atoms with Crippen molar-refractivity contribution in [3.8, 4) is 0 Å². The van der Waals surface area contributed by atoms with E-state index in [4.69, 9.17) is 28.2 Å². The van der Waals surface area contributed by atoms with Crippen molar-refractivity contribution in [2.24, 2.45) is 4.99 Å². The minimum absolute atomic E-state index is 0.0937. The molecule has 0 radical (unpaired) electrons. The smallest absolute Gasteiger partial charge is 0.201 e. The molecule has 1 saturated heterocycles. The van der Waals surface area contributed by atoms with Gasteiger partial charge in [-0.3, -0.25) is 15.2 Å². The summed E-state index contributed by atoms with van der Waals surface area (Å²) in [5, 5.41) is 1.51. The number of aliphatic imine (C=N–C) groups is 1. The van der Waals surface area contributed by atoms with Crippen LogP contribution in [0, 0.1) is 0 Å². The molecule has 8 heteroatoms. The Hall–Kier alpha value is -3.52. The van der Waals surface area contributed by atoms with Crippen LogP contribution < -0.4 is 21.2 Å². The molecule has 1 aliphatic heterocycles. The van der Waals surface area contributed by atoms with Crippen molar-refractivity contribution in [3.63, 3.8) is 0 Å². The van der Waals surface area contributed by atoms with Crippen LogP contribution in [0.2, 0.25) is 5.02 Å². The molecular formula is C25H19ClN4O2S. The first-order chi connectivity index (χ1) is 16.1. The van der Waals surface area contributed by atoms with Crippen LogP contribution in [0.3, 0.4) is 0 Å². The zero-order valence-corrected chi connectivity index (χ0v) is 18.9. The molecule has 0 aliphatic carbocycles. The molecule has 3 aromatic carbocycles. The van der Waals surface area contributed by atoms with Crippen molar-refractivity contribution < 1.29 is 4.42 Å². The first kappa shape index (κ1) is 21.3. The van der Waals surface area contributed by atoms with E-state index in [1.807, 2.05) is 47.4 Å². The van der Waals surface area contributed by atoms with E-state index in [0.717, 1.165) is 5.69 Å². The number of halogens is 1. The van der Waals surface area contributed by atoms with Crippen LogP contribution >= 0.6 is 23.8 Å². The number of hydrazine groups is 1. The lowest BCUT2D eigenvalue weighted by Crippen LogP contribution is -2.57. The lowest BCUT2D eigenvalue weighted by atomic mass is 10.1. The maximum Gasteiger partial charge on any atom is 0.201 e. The van der Waals surface area contributed by atoms with E-state index in [1.54, 1.807) is 18.2 Å². The topological polar surface area (TPSA) is 69.9 Å². The third-order valence-corrected chi connectivity index (χ3v) is 6.00. The third-order valence-electron chi connectivity index (χ3n) is 5.44. The summed E-state index contributed by atoms with van der Waals surface area (Å²) >= 11 is 11.5. The number of hydrogen-bond acceptors (Lipinski definition) is 5. The second-order valence-electron chi connectivity index (χ2n) is 7.58. The Balaban J connectivity index is 1.35. The number of nitrogens with one attached hydrogen (secondary N) is 2. The highest BCUT2D eigenvalue weighted by molar-refractivity contribution is 7.80. The first-order valence-corrected chi connectivity index (χ1v) is 11.1. The van der Waals surface area contributed by atoms with Crippen molar-refractivity contribution in [1.82, 2.24) is 10.9 Å². The summed E-state index contributed by atoms with van der Waals surface area (Å²) in [7, 11) is 0. The summed E-state index contributed by atoms with van der Waals surface area (Å²) in [5.41, 5.74) is 9.84. The van der Waals surface area contributed by atoms with Gasteiger partial charge < -0.3 is 9.32 Å². The predicted octanol–water partition coefficient (Wildman–Crippen LogP) is 5.14. The number of nitrogens with zero attached hydrogens (tertiary/aromatic N) is 2. The zero-order valence-electron chi connectivity index (χ0n) is 17.4. The molecule has 164 valence electrons. The molecule has 33 heavy (non-hydrogen) atoms. The van der Waals surface area contributed by atoms with E-state index in [9.17, 15) is 4.79 Å². The van der Waals surface area contributed by atoms with Crippen LogP contribution in [0.5, 0.6) is 0 Å². The molecule has 2 heterocycles. The Kier molecular flexibility index (Phi) is 5.92. The SMILES string of the molecule is O=c1c(C=Nc2ccc(N3CC(c4ccccc4)NNC3=S)cc2)coc2ccc(Cl)cc12. The second-order valence-corrected chi connectivity index (χ2v) is 8.41. The number of rotatable bonds is 4. The summed E-state index contributed by atoms with van der Waals surface area (Å²) in [5.74, 6) is 0. The molecule has 1 aliphatic rings. The highest BCUT2D eigenvalue weighted by Gasteiger charge is 2.24. The van der Waals surface area contributed by atoms with Gasteiger partial charge in [0.05, 0.1) is 22.7 Å². The van der Waals surface area contributed by atoms with Crippen LogP contribution in [-0.4, -0.2) is 17.9 Å². The summed E-state index contributed by atoms with van der Waals surface area (Å²) in [4.78, 5) is 19.2. The molecule has 1 unspecified atom stereocenters. The Morgan fingerprint density at radius 3 is 2.67 bits per heavy atom. The van der Waals surface area contributed by atoms with Gasteiger partial charge in [-0.2, -0.15) is 0 Å². The molecule has 1 aromatic heterocycles. The fraction of sp³-hybridized carbons (Fsp3) is 0.0800. The van der Waals surface area contributed by atoms with E-state index < -0.39 is 0 Å². The van der Waals surface area contributed by atoms with E-state index >= 15 is 0 Å². The number of hydrogen-bond donors (Lipinski definition) is 2. The van der Waals surface area contributed by atoms with Crippen LogP contribution in [0.4, 0.5) is 11.4 Å². The van der Waals surface area contributed by atoms with E-state index in [1.165, 1.54) is 18.0 Å². The van der Waals surface area contributed by atoms with Crippen molar-refractivity contribution in [2.75, 3.05) is 11.4 Å². The number of benzene rings is 3. The van der Waals surface area contributed by atoms with Crippen LogP contribution in [0.15, 0.2) is 93.3 Å². The van der Waals surface area contributed by atoms with Crippen molar-refractivity contribution in [2.45, 2.75) is 6.04 Å². The van der Waals surface area contributed by atoms with Crippen LogP contribution in [0.25, 0.3) is 11.0 Å². The third kappa shape index (κ3) is 4.52. The summed E-state index contributed by atoms with van der Waals surface area (Å²) in [6.07, 6.45) is 2.91. The van der Waals surface area contributed by atoms with Gasteiger partial charge in [-0.15, -0.1) is 0 Å².